The third kappa shape index (κ3) is 2.05. The number of rotatable bonds is 2. The summed E-state index contributed by atoms with van der Waals surface area (Å²) in [5.41, 5.74) is 8.24. The molecule has 1 saturated carbocycles. The van der Waals surface area contributed by atoms with Crippen molar-refractivity contribution >= 4 is 17.3 Å². The van der Waals surface area contributed by atoms with Crippen LogP contribution in [0.1, 0.15) is 18.4 Å². The van der Waals surface area contributed by atoms with Gasteiger partial charge < -0.3 is 11.1 Å². The van der Waals surface area contributed by atoms with Gasteiger partial charge in [0.15, 0.2) is 0 Å². The number of benzene rings is 1. The normalized spacial score (nSPS) is 15.2. The fourth-order valence-corrected chi connectivity index (χ4v) is 1.47. The lowest BCUT2D eigenvalue weighted by atomic mass is 10.2. The molecule has 1 aliphatic carbocycles. The minimum absolute atomic E-state index is 0.120. The van der Waals surface area contributed by atoms with E-state index in [1.807, 2.05) is 19.1 Å². The molecule has 1 fully saturated rings. The van der Waals surface area contributed by atoms with Gasteiger partial charge in [-0.3, -0.25) is 4.79 Å². The van der Waals surface area contributed by atoms with Gasteiger partial charge in [0.25, 0.3) is 0 Å². The molecule has 74 valence electrons. The Morgan fingerprint density at radius 1 is 1.43 bits per heavy atom. The molecule has 1 amide bonds. The van der Waals surface area contributed by atoms with Crippen LogP contribution in [0.4, 0.5) is 11.4 Å². The van der Waals surface area contributed by atoms with E-state index in [2.05, 4.69) is 5.32 Å². The van der Waals surface area contributed by atoms with Gasteiger partial charge in [0.2, 0.25) is 5.91 Å². The molecule has 0 aliphatic heterocycles. The number of carbonyl (C=O) groups excluding carboxylic acids is 1. The molecule has 2 rings (SSSR count). The summed E-state index contributed by atoms with van der Waals surface area (Å²) in [6.45, 7) is 1.96. The van der Waals surface area contributed by atoms with Gasteiger partial charge >= 0.3 is 0 Å². The Balaban J connectivity index is 2.11. The van der Waals surface area contributed by atoms with E-state index in [0.29, 0.717) is 5.69 Å². The van der Waals surface area contributed by atoms with Crippen LogP contribution in [0.5, 0.6) is 0 Å². The molecular formula is C11H14N2O. The number of nitrogens with two attached hydrogens (primary N) is 1. The summed E-state index contributed by atoms with van der Waals surface area (Å²) in [5, 5.41) is 2.87. The van der Waals surface area contributed by atoms with E-state index < -0.39 is 0 Å². The lowest BCUT2D eigenvalue weighted by molar-refractivity contribution is -0.117. The van der Waals surface area contributed by atoms with Crippen LogP contribution >= 0.6 is 0 Å². The van der Waals surface area contributed by atoms with Crippen molar-refractivity contribution in [3.8, 4) is 0 Å². The van der Waals surface area contributed by atoms with E-state index in [1.165, 1.54) is 0 Å². The van der Waals surface area contributed by atoms with Gasteiger partial charge in [0.1, 0.15) is 0 Å². The lowest BCUT2D eigenvalue weighted by Gasteiger charge is -2.06. The zero-order valence-corrected chi connectivity index (χ0v) is 8.21. The molecule has 1 aromatic carbocycles. The average Bonchev–Trinajstić information content (AvgIpc) is 2.82. The minimum atomic E-state index is 0.120. The Kier molecular flexibility index (Phi) is 2.15. The third-order valence-electron chi connectivity index (χ3n) is 2.32. The molecule has 0 bridgehead atoms. The zero-order chi connectivity index (χ0) is 10.1. The van der Waals surface area contributed by atoms with E-state index in [0.717, 1.165) is 24.1 Å². The van der Waals surface area contributed by atoms with Crippen molar-refractivity contribution in [3.05, 3.63) is 23.8 Å². The highest BCUT2D eigenvalue weighted by atomic mass is 16.2. The molecule has 14 heavy (non-hydrogen) atoms. The highest BCUT2D eigenvalue weighted by Crippen LogP contribution is 2.30. The monoisotopic (exact) mass is 190 g/mol. The maximum atomic E-state index is 11.4. The smallest absolute Gasteiger partial charge is 0.227 e. The summed E-state index contributed by atoms with van der Waals surface area (Å²) in [7, 11) is 0. The second-order valence-electron chi connectivity index (χ2n) is 3.90. The highest BCUT2D eigenvalue weighted by molar-refractivity contribution is 5.94. The van der Waals surface area contributed by atoms with Gasteiger partial charge in [0, 0.05) is 17.3 Å². The fraction of sp³-hybridized carbons (Fsp3) is 0.364. The Morgan fingerprint density at radius 2 is 2.14 bits per heavy atom. The molecule has 3 N–H and O–H groups in total. The summed E-state index contributed by atoms with van der Waals surface area (Å²) in [5.74, 6) is 0.353. The summed E-state index contributed by atoms with van der Waals surface area (Å²) in [6.07, 6.45) is 2.04. The van der Waals surface area contributed by atoms with Gasteiger partial charge in [-0.05, 0) is 43.5 Å². The lowest BCUT2D eigenvalue weighted by Crippen LogP contribution is -2.13. The molecular weight excluding hydrogens is 176 g/mol. The summed E-state index contributed by atoms with van der Waals surface area (Å²) in [4.78, 5) is 11.4. The fourth-order valence-electron chi connectivity index (χ4n) is 1.47. The van der Waals surface area contributed by atoms with Crippen molar-refractivity contribution in [1.29, 1.82) is 0 Å². The van der Waals surface area contributed by atoms with Crippen molar-refractivity contribution in [2.24, 2.45) is 5.92 Å². The number of anilines is 2. The van der Waals surface area contributed by atoms with Crippen LogP contribution in [-0.2, 0) is 4.79 Å². The molecule has 0 atom stereocenters. The van der Waals surface area contributed by atoms with Gasteiger partial charge in [-0.1, -0.05) is 0 Å². The largest absolute Gasteiger partial charge is 0.399 e. The maximum absolute atomic E-state index is 11.4. The second-order valence-corrected chi connectivity index (χ2v) is 3.90. The topological polar surface area (TPSA) is 55.1 Å². The third-order valence-corrected chi connectivity index (χ3v) is 2.32. The first-order valence-electron chi connectivity index (χ1n) is 4.83. The van der Waals surface area contributed by atoms with E-state index in [1.54, 1.807) is 6.07 Å². The molecule has 0 radical (unpaired) electrons. The summed E-state index contributed by atoms with van der Waals surface area (Å²) in [6, 6.07) is 5.59. The van der Waals surface area contributed by atoms with Crippen molar-refractivity contribution in [2.75, 3.05) is 11.1 Å². The van der Waals surface area contributed by atoms with E-state index in [4.69, 9.17) is 5.73 Å². The second kappa shape index (κ2) is 3.33. The van der Waals surface area contributed by atoms with Crippen LogP contribution in [0.15, 0.2) is 18.2 Å². The van der Waals surface area contributed by atoms with Crippen LogP contribution in [0.25, 0.3) is 0 Å². The molecule has 3 heteroatoms. The summed E-state index contributed by atoms with van der Waals surface area (Å²) >= 11 is 0. The Morgan fingerprint density at radius 3 is 2.71 bits per heavy atom. The number of aryl methyl sites for hydroxylation is 1. The molecule has 0 unspecified atom stereocenters. The van der Waals surface area contributed by atoms with Crippen molar-refractivity contribution < 1.29 is 4.79 Å². The Bertz CT molecular complexity index is 349. The van der Waals surface area contributed by atoms with Crippen LogP contribution in [-0.4, -0.2) is 5.91 Å². The average molecular weight is 190 g/mol. The minimum Gasteiger partial charge on any atom is -0.399 e. The van der Waals surface area contributed by atoms with Crippen molar-refractivity contribution in [3.63, 3.8) is 0 Å². The van der Waals surface area contributed by atoms with Crippen LogP contribution in [0.2, 0.25) is 0 Å². The number of nitrogens with one attached hydrogen (secondary N) is 1. The summed E-state index contributed by atoms with van der Waals surface area (Å²) < 4.78 is 0. The standard InChI is InChI=1S/C11H14N2O/c1-7-4-9(12)6-10(5-7)13-11(14)8-2-3-8/h4-6,8H,2-3,12H2,1H3,(H,13,14). The van der Waals surface area contributed by atoms with E-state index in [9.17, 15) is 4.79 Å². The van der Waals surface area contributed by atoms with E-state index in [-0.39, 0.29) is 11.8 Å². The molecule has 0 aromatic heterocycles. The molecule has 3 nitrogen and oxygen atoms in total. The molecule has 0 spiro atoms. The first-order chi connectivity index (χ1) is 6.65. The van der Waals surface area contributed by atoms with Gasteiger partial charge in [0.05, 0.1) is 0 Å². The van der Waals surface area contributed by atoms with Crippen molar-refractivity contribution in [1.82, 2.24) is 0 Å². The molecule has 1 aliphatic rings. The number of nitrogen functional groups attached to an aromatic ring is 1. The number of amides is 1. The van der Waals surface area contributed by atoms with Gasteiger partial charge in [-0.2, -0.15) is 0 Å². The predicted molar refractivity (Wildman–Crippen MR) is 56.9 cm³/mol. The van der Waals surface area contributed by atoms with Crippen molar-refractivity contribution in [2.45, 2.75) is 19.8 Å². The van der Waals surface area contributed by atoms with Gasteiger partial charge in [-0.25, -0.2) is 0 Å². The quantitative estimate of drug-likeness (QED) is 0.700. The van der Waals surface area contributed by atoms with Crippen LogP contribution in [0, 0.1) is 12.8 Å². The number of hydrogen-bond acceptors (Lipinski definition) is 2. The highest BCUT2D eigenvalue weighted by Gasteiger charge is 2.29. The van der Waals surface area contributed by atoms with Crippen LogP contribution in [0.3, 0.4) is 0 Å². The first-order valence-corrected chi connectivity index (χ1v) is 4.83. The number of hydrogen-bond donors (Lipinski definition) is 2. The Hall–Kier alpha value is -1.51. The first kappa shape index (κ1) is 9.06. The predicted octanol–water partition coefficient (Wildman–Crippen LogP) is 1.93. The SMILES string of the molecule is Cc1cc(N)cc(NC(=O)C2CC2)c1. The van der Waals surface area contributed by atoms with E-state index >= 15 is 0 Å². The maximum Gasteiger partial charge on any atom is 0.227 e. The molecule has 0 heterocycles. The molecule has 0 saturated heterocycles. The number of carbonyl (C=O) groups is 1. The molecule has 1 aromatic rings. The van der Waals surface area contributed by atoms with Crippen LogP contribution < -0.4 is 11.1 Å². The Labute approximate surface area is 83.3 Å². The van der Waals surface area contributed by atoms with Gasteiger partial charge in [-0.15, -0.1) is 0 Å². The zero-order valence-electron chi connectivity index (χ0n) is 8.21.